The largest absolute Gasteiger partial charge is 0.454 e. The number of ether oxygens (including phenoxy) is 4. The predicted molar refractivity (Wildman–Crippen MR) is 98.9 cm³/mol. The molecule has 0 spiro atoms. The minimum atomic E-state index is 0.0564. The molecule has 2 atom stereocenters. The highest BCUT2D eigenvalue weighted by atomic mass is 16.7. The van der Waals surface area contributed by atoms with Crippen LogP contribution in [0, 0.1) is 0 Å². The maximum absolute atomic E-state index is 12.4. The topological polar surface area (TPSA) is 69.3 Å². The molecule has 0 bridgehead atoms. The van der Waals surface area contributed by atoms with Gasteiger partial charge in [-0.2, -0.15) is 0 Å². The van der Waals surface area contributed by atoms with Gasteiger partial charge in [0.2, 0.25) is 12.7 Å². The zero-order chi connectivity index (χ0) is 18.5. The van der Waals surface area contributed by atoms with Gasteiger partial charge < -0.3 is 24.3 Å². The smallest absolute Gasteiger partial charge is 0.231 e. The Morgan fingerprint density at radius 2 is 2.00 bits per heavy atom. The molecule has 27 heavy (non-hydrogen) atoms. The molecule has 0 radical (unpaired) electrons. The standard InChI is InChI=1S/C20H28N2O5/c23-20(12-16-3-1-2-8-25-16)21-13-17(22-6-9-24-10-7-22)15-4-5-18-19(11-15)27-14-26-18/h4-5,11,16-17H,1-3,6-10,12-14H2,(H,21,23). The van der Waals surface area contributed by atoms with Crippen molar-refractivity contribution >= 4 is 5.91 Å². The predicted octanol–water partition coefficient (Wildman–Crippen LogP) is 1.86. The van der Waals surface area contributed by atoms with Crippen LogP contribution in [-0.4, -0.2) is 63.2 Å². The summed E-state index contributed by atoms with van der Waals surface area (Å²) in [5.74, 6) is 1.60. The second-order valence-corrected chi connectivity index (χ2v) is 7.27. The van der Waals surface area contributed by atoms with Crippen molar-refractivity contribution in [1.82, 2.24) is 10.2 Å². The minimum Gasteiger partial charge on any atom is -0.454 e. The normalized spacial score (nSPS) is 23.8. The van der Waals surface area contributed by atoms with Gasteiger partial charge in [-0.25, -0.2) is 0 Å². The molecule has 0 saturated carbocycles. The summed E-state index contributed by atoms with van der Waals surface area (Å²) in [5, 5.41) is 3.12. The van der Waals surface area contributed by atoms with Gasteiger partial charge in [0.25, 0.3) is 0 Å². The van der Waals surface area contributed by atoms with Crippen molar-refractivity contribution in [2.24, 2.45) is 0 Å². The molecule has 2 saturated heterocycles. The van der Waals surface area contributed by atoms with Crippen LogP contribution in [0.1, 0.15) is 37.3 Å². The first-order valence-corrected chi connectivity index (χ1v) is 9.89. The molecule has 0 aliphatic carbocycles. The molecule has 1 N–H and O–H groups in total. The maximum Gasteiger partial charge on any atom is 0.231 e. The molecule has 1 amide bonds. The van der Waals surface area contributed by atoms with E-state index >= 15 is 0 Å². The number of hydrogen-bond donors (Lipinski definition) is 1. The lowest BCUT2D eigenvalue weighted by Crippen LogP contribution is -2.44. The number of hydrogen-bond acceptors (Lipinski definition) is 6. The number of rotatable bonds is 6. The zero-order valence-electron chi connectivity index (χ0n) is 15.7. The van der Waals surface area contributed by atoms with Crippen molar-refractivity contribution in [3.05, 3.63) is 23.8 Å². The fraction of sp³-hybridized carbons (Fsp3) is 0.650. The van der Waals surface area contributed by atoms with Gasteiger partial charge in [0, 0.05) is 26.2 Å². The number of nitrogens with one attached hydrogen (secondary N) is 1. The molecule has 7 heteroatoms. The van der Waals surface area contributed by atoms with Crippen molar-refractivity contribution in [2.45, 2.75) is 37.8 Å². The van der Waals surface area contributed by atoms with Crippen molar-refractivity contribution in [1.29, 1.82) is 0 Å². The number of carbonyl (C=O) groups is 1. The Labute approximate surface area is 159 Å². The van der Waals surface area contributed by atoms with Gasteiger partial charge in [-0.3, -0.25) is 9.69 Å². The summed E-state index contributed by atoms with van der Waals surface area (Å²) in [6, 6.07) is 6.12. The summed E-state index contributed by atoms with van der Waals surface area (Å²) in [4.78, 5) is 14.8. The molecule has 2 fully saturated rings. The van der Waals surface area contributed by atoms with Gasteiger partial charge in [-0.05, 0) is 37.0 Å². The van der Waals surface area contributed by atoms with Crippen LogP contribution in [0.2, 0.25) is 0 Å². The van der Waals surface area contributed by atoms with E-state index < -0.39 is 0 Å². The molecule has 7 nitrogen and oxygen atoms in total. The molecule has 1 aromatic carbocycles. The average Bonchev–Trinajstić information content (AvgIpc) is 3.18. The van der Waals surface area contributed by atoms with Crippen LogP contribution in [0.5, 0.6) is 11.5 Å². The van der Waals surface area contributed by atoms with Gasteiger partial charge in [-0.15, -0.1) is 0 Å². The van der Waals surface area contributed by atoms with Crippen LogP contribution >= 0.6 is 0 Å². The van der Waals surface area contributed by atoms with Gasteiger partial charge in [0.15, 0.2) is 11.5 Å². The van der Waals surface area contributed by atoms with Crippen LogP contribution in [0.25, 0.3) is 0 Å². The first-order chi connectivity index (χ1) is 13.3. The van der Waals surface area contributed by atoms with E-state index in [1.54, 1.807) is 0 Å². The zero-order valence-corrected chi connectivity index (χ0v) is 15.7. The number of fused-ring (bicyclic) bond motifs is 1. The van der Waals surface area contributed by atoms with E-state index in [0.29, 0.717) is 26.2 Å². The number of amides is 1. The minimum absolute atomic E-state index is 0.0564. The molecular weight excluding hydrogens is 348 g/mol. The summed E-state index contributed by atoms with van der Waals surface area (Å²) in [5.41, 5.74) is 1.12. The molecule has 1 aromatic rings. The molecule has 148 valence electrons. The van der Waals surface area contributed by atoms with Crippen LogP contribution in [-0.2, 0) is 14.3 Å². The molecule has 2 unspecified atom stereocenters. The monoisotopic (exact) mass is 376 g/mol. The fourth-order valence-electron chi connectivity index (χ4n) is 3.93. The van der Waals surface area contributed by atoms with Crippen molar-refractivity contribution in [3.63, 3.8) is 0 Å². The van der Waals surface area contributed by atoms with Crippen molar-refractivity contribution in [2.75, 3.05) is 46.2 Å². The first-order valence-electron chi connectivity index (χ1n) is 9.89. The lowest BCUT2D eigenvalue weighted by Gasteiger charge is -2.35. The average molecular weight is 376 g/mol. The number of nitrogens with zero attached hydrogens (tertiary/aromatic N) is 1. The Hall–Kier alpha value is -1.83. The lowest BCUT2D eigenvalue weighted by atomic mass is 10.0. The Morgan fingerprint density at radius 3 is 2.81 bits per heavy atom. The summed E-state index contributed by atoms with van der Waals surface area (Å²) >= 11 is 0. The van der Waals surface area contributed by atoms with Gasteiger partial charge in [-0.1, -0.05) is 6.07 Å². The molecular formula is C20H28N2O5. The molecule has 0 aromatic heterocycles. The van der Waals surface area contributed by atoms with Gasteiger partial charge in [0.05, 0.1) is 31.8 Å². The SMILES string of the molecule is O=C(CC1CCCCO1)NCC(c1ccc2c(c1)OCO2)N1CCOCC1. The molecule has 4 rings (SSSR count). The quantitative estimate of drug-likeness (QED) is 0.817. The van der Waals surface area contributed by atoms with E-state index in [1.165, 1.54) is 0 Å². The Morgan fingerprint density at radius 1 is 1.15 bits per heavy atom. The molecule has 3 aliphatic heterocycles. The highest BCUT2D eigenvalue weighted by molar-refractivity contribution is 5.76. The summed E-state index contributed by atoms with van der Waals surface area (Å²) in [6.45, 7) is 4.72. The van der Waals surface area contributed by atoms with E-state index in [0.717, 1.165) is 56.0 Å². The van der Waals surface area contributed by atoms with E-state index in [2.05, 4.69) is 16.3 Å². The summed E-state index contributed by atoms with van der Waals surface area (Å²) in [6.07, 6.45) is 3.72. The third kappa shape index (κ3) is 4.72. The number of morpholine rings is 1. The van der Waals surface area contributed by atoms with Crippen molar-refractivity contribution in [3.8, 4) is 11.5 Å². The highest BCUT2D eigenvalue weighted by Gasteiger charge is 2.26. The van der Waals surface area contributed by atoms with Gasteiger partial charge in [0.1, 0.15) is 0 Å². The Balaban J connectivity index is 1.41. The van der Waals surface area contributed by atoms with Crippen LogP contribution in [0.15, 0.2) is 18.2 Å². The van der Waals surface area contributed by atoms with Crippen molar-refractivity contribution < 1.29 is 23.7 Å². The van der Waals surface area contributed by atoms with E-state index in [4.69, 9.17) is 18.9 Å². The van der Waals surface area contributed by atoms with E-state index in [9.17, 15) is 4.79 Å². The fourth-order valence-corrected chi connectivity index (χ4v) is 3.93. The first kappa shape index (κ1) is 18.5. The van der Waals surface area contributed by atoms with Crippen LogP contribution < -0.4 is 14.8 Å². The van der Waals surface area contributed by atoms with E-state index in [1.807, 2.05) is 12.1 Å². The number of carbonyl (C=O) groups excluding carboxylic acids is 1. The third-order valence-electron chi connectivity index (χ3n) is 5.45. The highest BCUT2D eigenvalue weighted by Crippen LogP contribution is 2.35. The molecule has 3 aliphatic rings. The van der Waals surface area contributed by atoms with Crippen LogP contribution in [0.3, 0.4) is 0 Å². The van der Waals surface area contributed by atoms with E-state index in [-0.39, 0.29) is 24.8 Å². The van der Waals surface area contributed by atoms with Gasteiger partial charge >= 0.3 is 0 Å². The second kappa shape index (κ2) is 8.91. The number of benzene rings is 1. The van der Waals surface area contributed by atoms with Crippen LogP contribution in [0.4, 0.5) is 0 Å². The maximum atomic E-state index is 12.4. The Bertz CT molecular complexity index is 641. The summed E-state index contributed by atoms with van der Waals surface area (Å²) in [7, 11) is 0. The Kier molecular flexibility index (Phi) is 6.11. The second-order valence-electron chi connectivity index (χ2n) is 7.27. The molecule has 3 heterocycles. The third-order valence-corrected chi connectivity index (χ3v) is 5.45. The summed E-state index contributed by atoms with van der Waals surface area (Å²) < 4.78 is 22.1. The lowest BCUT2D eigenvalue weighted by molar-refractivity contribution is -0.125.